The van der Waals surface area contributed by atoms with E-state index < -0.39 is 5.60 Å². The Labute approximate surface area is 171 Å². The molecule has 0 heterocycles. The van der Waals surface area contributed by atoms with Crippen molar-refractivity contribution in [3.8, 4) is 11.5 Å². The van der Waals surface area contributed by atoms with Crippen LogP contribution in [0.1, 0.15) is 32.8 Å². The van der Waals surface area contributed by atoms with Crippen molar-refractivity contribution in [1.82, 2.24) is 5.32 Å². The first kappa shape index (κ1) is 21.8. The first-order valence-electron chi connectivity index (χ1n) is 9.21. The minimum atomic E-state index is -0.905. The van der Waals surface area contributed by atoms with Gasteiger partial charge in [0.1, 0.15) is 18.1 Å². The van der Waals surface area contributed by atoms with Crippen LogP contribution in [0.4, 0.5) is 0 Å². The molecule has 0 fully saturated rings. The monoisotopic (exact) mass is 403 g/mol. The van der Waals surface area contributed by atoms with Gasteiger partial charge < -0.3 is 14.8 Å². The van der Waals surface area contributed by atoms with Crippen molar-refractivity contribution in [2.75, 3.05) is 13.2 Å². The Bertz CT molecular complexity index is 802. The van der Waals surface area contributed by atoms with Crippen molar-refractivity contribution in [2.24, 2.45) is 0 Å². The summed E-state index contributed by atoms with van der Waals surface area (Å²) in [7, 11) is 0. The number of rotatable bonds is 10. The largest absolute Gasteiger partial charge is 0.492 e. The maximum absolute atomic E-state index is 12.1. The summed E-state index contributed by atoms with van der Waals surface area (Å²) in [5, 5.41) is 3.49. The predicted molar refractivity (Wildman–Crippen MR) is 110 cm³/mol. The number of halogens is 1. The van der Waals surface area contributed by atoms with E-state index in [0.29, 0.717) is 42.5 Å². The highest BCUT2D eigenvalue weighted by atomic mass is 35.5. The molecule has 2 aromatic rings. The molecule has 0 unspecified atom stereocenters. The number of carbonyl (C=O) groups excluding carboxylic acids is 2. The van der Waals surface area contributed by atoms with E-state index in [1.165, 1.54) is 6.92 Å². The Morgan fingerprint density at radius 3 is 2.43 bits per heavy atom. The molecule has 0 aliphatic heterocycles. The number of Topliss-reactive ketones (excluding diaryl/α,β-unsaturated/α-hetero) is 1. The molecule has 2 aromatic carbocycles. The smallest absolute Gasteiger partial charge is 0.220 e. The third-order valence-corrected chi connectivity index (χ3v) is 4.57. The molecule has 28 heavy (non-hydrogen) atoms. The van der Waals surface area contributed by atoms with Gasteiger partial charge in [-0.3, -0.25) is 9.59 Å². The number of carbonyl (C=O) groups is 2. The molecule has 1 N–H and O–H groups in total. The summed E-state index contributed by atoms with van der Waals surface area (Å²) in [5.41, 5.74) is -0.0124. The SMILES string of the molecule is CC(=O)C(C)(C)Oc1ccccc1CCC(=O)NCCOc1ccc(Cl)cc1. The first-order chi connectivity index (χ1) is 13.3. The average molecular weight is 404 g/mol. The summed E-state index contributed by atoms with van der Waals surface area (Å²) < 4.78 is 11.4. The summed E-state index contributed by atoms with van der Waals surface area (Å²) in [6.07, 6.45) is 0.843. The van der Waals surface area contributed by atoms with Gasteiger partial charge >= 0.3 is 0 Å². The number of hydrogen-bond donors (Lipinski definition) is 1. The number of aryl methyl sites for hydroxylation is 1. The molecule has 150 valence electrons. The molecule has 5 nitrogen and oxygen atoms in total. The lowest BCUT2D eigenvalue weighted by atomic mass is 10.0. The lowest BCUT2D eigenvalue weighted by Crippen LogP contribution is -2.36. The second-order valence-electron chi connectivity index (χ2n) is 6.93. The van der Waals surface area contributed by atoms with Crippen molar-refractivity contribution in [3.63, 3.8) is 0 Å². The maximum atomic E-state index is 12.1. The maximum Gasteiger partial charge on any atom is 0.220 e. The highest BCUT2D eigenvalue weighted by molar-refractivity contribution is 6.30. The van der Waals surface area contributed by atoms with E-state index >= 15 is 0 Å². The lowest BCUT2D eigenvalue weighted by molar-refractivity contribution is -0.129. The number of ketones is 1. The molecular formula is C22H26ClNO4. The van der Waals surface area contributed by atoms with Crippen LogP contribution in [0.3, 0.4) is 0 Å². The highest BCUT2D eigenvalue weighted by Crippen LogP contribution is 2.25. The molecule has 0 aliphatic rings. The summed E-state index contributed by atoms with van der Waals surface area (Å²) >= 11 is 5.82. The zero-order valence-corrected chi connectivity index (χ0v) is 17.2. The van der Waals surface area contributed by atoms with Crippen LogP contribution in [0.5, 0.6) is 11.5 Å². The topological polar surface area (TPSA) is 64.6 Å². The van der Waals surface area contributed by atoms with E-state index in [1.54, 1.807) is 38.1 Å². The van der Waals surface area contributed by atoms with Crippen molar-refractivity contribution in [2.45, 2.75) is 39.2 Å². The van der Waals surface area contributed by atoms with Crippen molar-refractivity contribution >= 4 is 23.3 Å². The minimum Gasteiger partial charge on any atom is -0.492 e. The van der Waals surface area contributed by atoms with E-state index in [0.717, 1.165) is 5.56 Å². The van der Waals surface area contributed by atoms with Crippen molar-refractivity contribution < 1.29 is 19.1 Å². The molecule has 0 aliphatic carbocycles. The minimum absolute atomic E-state index is 0.0549. The van der Waals surface area contributed by atoms with Crippen LogP contribution in [0.2, 0.25) is 5.02 Å². The van der Waals surface area contributed by atoms with Gasteiger partial charge in [0.15, 0.2) is 11.4 Å². The number of hydrogen-bond acceptors (Lipinski definition) is 4. The number of nitrogens with one attached hydrogen (secondary N) is 1. The molecule has 2 rings (SSSR count). The first-order valence-corrected chi connectivity index (χ1v) is 9.59. The molecular weight excluding hydrogens is 378 g/mol. The van der Waals surface area contributed by atoms with Crippen molar-refractivity contribution in [3.05, 3.63) is 59.1 Å². The number of amides is 1. The van der Waals surface area contributed by atoms with Crippen LogP contribution in [-0.2, 0) is 16.0 Å². The van der Waals surface area contributed by atoms with Gasteiger partial charge in [0.05, 0.1) is 6.54 Å². The molecule has 6 heteroatoms. The van der Waals surface area contributed by atoms with E-state index in [2.05, 4.69) is 5.32 Å². The average Bonchev–Trinajstić information content (AvgIpc) is 2.65. The van der Waals surface area contributed by atoms with Crippen LogP contribution in [0.15, 0.2) is 48.5 Å². The van der Waals surface area contributed by atoms with Crippen LogP contribution >= 0.6 is 11.6 Å². The summed E-state index contributed by atoms with van der Waals surface area (Å²) in [6, 6.07) is 14.5. The number of benzene rings is 2. The standard InChI is InChI=1S/C22H26ClNO4/c1-16(25)22(2,3)28-20-7-5-4-6-17(20)8-13-21(26)24-14-15-27-19-11-9-18(23)10-12-19/h4-7,9-12H,8,13-15H2,1-3H3,(H,24,26). The normalized spacial score (nSPS) is 11.0. The fourth-order valence-electron chi connectivity index (χ4n) is 2.38. The molecule has 0 atom stereocenters. The van der Waals surface area contributed by atoms with Gasteiger partial charge in [0.2, 0.25) is 5.91 Å². The molecule has 0 saturated carbocycles. The van der Waals surface area contributed by atoms with Crippen LogP contribution in [0.25, 0.3) is 0 Å². The van der Waals surface area contributed by atoms with E-state index in [9.17, 15) is 9.59 Å². The Morgan fingerprint density at radius 2 is 1.75 bits per heavy atom. The number of ether oxygens (including phenoxy) is 2. The van der Waals surface area contributed by atoms with Gasteiger partial charge in [-0.1, -0.05) is 29.8 Å². The molecule has 0 bridgehead atoms. The molecule has 0 radical (unpaired) electrons. The van der Waals surface area contributed by atoms with Gasteiger partial charge in [-0.25, -0.2) is 0 Å². The van der Waals surface area contributed by atoms with E-state index in [-0.39, 0.29) is 11.7 Å². The van der Waals surface area contributed by atoms with Gasteiger partial charge in [-0.15, -0.1) is 0 Å². The fourth-order valence-corrected chi connectivity index (χ4v) is 2.51. The lowest BCUT2D eigenvalue weighted by Gasteiger charge is -2.25. The van der Waals surface area contributed by atoms with Crippen LogP contribution in [0, 0.1) is 0 Å². The third kappa shape index (κ3) is 6.89. The van der Waals surface area contributed by atoms with Crippen LogP contribution < -0.4 is 14.8 Å². The van der Waals surface area contributed by atoms with Gasteiger partial charge in [-0.2, -0.15) is 0 Å². The third-order valence-electron chi connectivity index (χ3n) is 4.31. The highest BCUT2D eigenvalue weighted by Gasteiger charge is 2.26. The van der Waals surface area contributed by atoms with Gasteiger partial charge in [-0.05, 0) is 63.1 Å². The predicted octanol–water partition coefficient (Wildman–Crippen LogP) is 4.21. The number of para-hydroxylation sites is 1. The quantitative estimate of drug-likeness (QED) is 0.603. The van der Waals surface area contributed by atoms with E-state index in [1.807, 2.05) is 24.3 Å². The van der Waals surface area contributed by atoms with Gasteiger partial charge in [0.25, 0.3) is 0 Å². The summed E-state index contributed by atoms with van der Waals surface area (Å²) in [4.78, 5) is 23.8. The van der Waals surface area contributed by atoms with Gasteiger partial charge in [0, 0.05) is 11.4 Å². The zero-order valence-electron chi connectivity index (χ0n) is 16.5. The van der Waals surface area contributed by atoms with E-state index in [4.69, 9.17) is 21.1 Å². The molecule has 1 amide bonds. The van der Waals surface area contributed by atoms with Crippen LogP contribution in [-0.4, -0.2) is 30.4 Å². The Balaban J connectivity index is 1.78. The Hall–Kier alpha value is -2.53. The second-order valence-corrected chi connectivity index (χ2v) is 7.37. The molecule has 0 saturated heterocycles. The zero-order chi connectivity index (χ0) is 20.6. The summed E-state index contributed by atoms with van der Waals surface area (Å²) in [6.45, 7) is 5.76. The molecule has 0 aromatic heterocycles. The second kappa shape index (κ2) is 10.1. The molecule has 0 spiro atoms. The van der Waals surface area contributed by atoms with Crippen molar-refractivity contribution in [1.29, 1.82) is 0 Å². The Kier molecular flexibility index (Phi) is 7.88. The summed E-state index contributed by atoms with van der Waals surface area (Å²) in [5.74, 6) is 1.21. The fraction of sp³-hybridized carbons (Fsp3) is 0.364. The Morgan fingerprint density at radius 1 is 1.07 bits per heavy atom.